The van der Waals surface area contributed by atoms with Gasteiger partial charge in [0, 0.05) is 12.2 Å². The molecule has 1 fully saturated rings. The summed E-state index contributed by atoms with van der Waals surface area (Å²) in [6, 6.07) is 4.98. The highest BCUT2D eigenvalue weighted by molar-refractivity contribution is 7.91. The molecule has 1 heterocycles. The van der Waals surface area contributed by atoms with Crippen molar-refractivity contribution in [2.24, 2.45) is 5.92 Å². The summed E-state index contributed by atoms with van der Waals surface area (Å²) < 4.78 is 27.8. The summed E-state index contributed by atoms with van der Waals surface area (Å²) >= 11 is 0. The molecule has 0 saturated carbocycles. The van der Waals surface area contributed by atoms with Crippen molar-refractivity contribution in [2.45, 2.75) is 6.42 Å². The molecular weight excluding hydrogens is 280 g/mol. The van der Waals surface area contributed by atoms with Gasteiger partial charge in [-0.1, -0.05) is 6.07 Å². The quantitative estimate of drug-likeness (QED) is 0.786. The fraction of sp³-hybridized carbons (Fsp3) is 0.462. The molecule has 110 valence electrons. The van der Waals surface area contributed by atoms with Crippen LogP contribution in [-0.2, 0) is 9.84 Å². The molecule has 0 aromatic heterocycles. The Bertz CT molecular complexity index is 613. The monoisotopic (exact) mass is 298 g/mol. The molecule has 0 radical (unpaired) electrons. The van der Waals surface area contributed by atoms with Crippen molar-refractivity contribution in [3.05, 3.63) is 23.8 Å². The molecule has 1 amide bonds. The van der Waals surface area contributed by atoms with E-state index in [-0.39, 0.29) is 28.9 Å². The largest absolute Gasteiger partial charge is 0.496 e. The number of nitrogen functional groups attached to an aromatic ring is 1. The smallest absolute Gasteiger partial charge is 0.257 e. The second-order valence-electron chi connectivity index (χ2n) is 4.90. The number of amides is 1. The van der Waals surface area contributed by atoms with Crippen LogP contribution in [0.4, 0.5) is 5.69 Å². The highest BCUT2D eigenvalue weighted by atomic mass is 32.2. The van der Waals surface area contributed by atoms with Crippen molar-refractivity contribution in [2.75, 3.05) is 30.9 Å². The van der Waals surface area contributed by atoms with E-state index >= 15 is 0 Å². The summed E-state index contributed by atoms with van der Waals surface area (Å²) in [7, 11) is -1.46. The zero-order valence-electron chi connectivity index (χ0n) is 11.3. The van der Waals surface area contributed by atoms with Gasteiger partial charge in [-0.3, -0.25) is 4.79 Å². The van der Waals surface area contributed by atoms with Gasteiger partial charge < -0.3 is 15.8 Å². The Morgan fingerprint density at radius 2 is 2.25 bits per heavy atom. The number of methoxy groups -OCH3 is 1. The number of nitrogens with one attached hydrogen (secondary N) is 1. The first kappa shape index (κ1) is 14.6. The molecule has 1 aliphatic rings. The number of hydrogen-bond acceptors (Lipinski definition) is 5. The zero-order chi connectivity index (χ0) is 14.8. The Morgan fingerprint density at radius 3 is 2.85 bits per heavy atom. The molecule has 7 heteroatoms. The van der Waals surface area contributed by atoms with Gasteiger partial charge in [0.1, 0.15) is 11.3 Å². The van der Waals surface area contributed by atoms with E-state index in [1.807, 2.05) is 0 Å². The lowest BCUT2D eigenvalue weighted by atomic mass is 10.1. The topological polar surface area (TPSA) is 98.5 Å². The van der Waals surface area contributed by atoms with Crippen molar-refractivity contribution in [1.29, 1.82) is 0 Å². The van der Waals surface area contributed by atoms with Crippen LogP contribution in [0, 0.1) is 5.92 Å². The van der Waals surface area contributed by atoms with Crippen LogP contribution in [0.15, 0.2) is 18.2 Å². The molecule has 2 rings (SSSR count). The Labute approximate surface area is 118 Å². The maximum atomic E-state index is 12.1. The fourth-order valence-corrected chi connectivity index (χ4v) is 4.18. The van der Waals surface area contributed by atoms with Gasteiger partial charge >= 0.3 is 0 Å². The van der Waals surface area contributed by atoms with E-state index in [1.54, 1.807) is 18.2 Å². The molecular formula is C13H18N2O4S. The van der Waals surface area contributed by atoms with Gasteiger partial charge in [0.25, 0.3) is 5.91 Å². The van der Waals surface area contributed by atoms with Crippen molar-refractivity contribution in [3.63, 3.8) is 0 Å². The van der Waals surface area contributed by atoms with Gasteiger partial charge in [-0.15, -0.1) is 0 Å². The van der Waals surface area contributed by atoms with Gasteiger partial charge in [-0.25, -0.2) is 8.42 Å². The Morgan fingerprint density at radius 1 is 1.50 bits per heavy atom. The number of rotatable bonds is 4. The van der Waals surface area contributed by atoms with E-state index in [0.717, 1.165) is 0 Å². The van der Waals surface area contributed by atoms with Crippen LogP contribution in [0.3, 0.4) is 0 Å². The lowest BCUT2D eigenvalue weighted by molar-refractivity contribution is 0.0946. The van der Waals surface area contributed by atoms with Gasteiger partial charge in [0.05, 0.1) is 18.6 Å². The summed E-state index contributed by atoms with van der Waals surface area (Å²) in [6.07, 6.45) is 0.587. The number of nitrogens with two attached hydrogens (primary N) is 1. The Hall–Kier alpha value is -1.76. The normalized spacial score (nSPS) is 20.6. The third-order valence-electron chi connectivity index (χ3n) is 3.38. The van der Waals surface area contributed by atoms with Gasteiger partial charge in [-0.2, -0.15) is 0 Å². The van der Waals surface area contributed by atoms with Crippen LogP contribution in [-0.4, -0.2) is 39.5 Å². The molecule has 1 aromatic rings. The van der Waals surface area contributed by atoms with Crippen molar-refractivity contribution in [1.82, 2.24) is 5.32 Å². The molecule has 6 nitrogen and oxygen atoms in total. The standard InChI is InChI=1S/C13H18N2O4S/c1-19-11-4-2-3-10(14)12(11)13(16)15-7-9-5-6-20(17,18)8-9/h2-4,9H,5-8,14H2,1H3,(H,15,16). The third-order valence-corrected chi connectivity index (χ3v) is 5.22. The number of carbonyl (C=O) groups is 1. The summed E-state index contributed by atoms with van der Waals surface area (Å²) in [5, 5.41) is 2.73. The number of sulfone groups is 1. The number of benzene rings is 1. The van der Waals surface area contributed by atoms with Crippen LogP contribution in [0.2, 0.25) is 0 Å². The molecule has 0 aliphatic carbocycles. The molecule has 1 unspecified atom stereocenters. The van der Waals surface area contributed by atoms with E-state index < -0.39 is 9.84 Å². The summed E-state index contributed by atoms with van der Waals surface area (Å²) in [5.74, 6) is 0.365. The number of hydrogen-bond donors (Lipinski definition) is 2. The average molecular weight is 298 g/mol. The predicted octanol–water partition coefficient (Wildman–Crippen LogP) is 0.442. The second-order valence-corrected chi connectivity index (χ2v) is 7.13. The van der Waals surface area contributed by atoms with Crippen LogP contribution in [0.25, 0.3) is 0 Å². The summed E-state index contributed by atoms with van der Waals surface area (Å²) in [6.45, 7) is 0.329. The maximum absolute atomic E-state index is 12.1. The Kier molecular flexibility index (Phi) is 4.17. The first-order valence-electron chi connectivity index (χ1n) is 6.34. The minimum Gasteiger partial charge on any atom is -0.496 e. The van der Waals surface area contributed by atoms with Crippen molar-refractivity contribution in [3.8, 4) is 5.75 Å². The van der Waals surface area contributed by atoms with Gasteiger partial charge in [0.2, 0.25) is 0 Å². The lowest BCUT2D eigenvalue weighted by Crippen LogP contribution is -2.30. The Balaban J connectivity index is 2.03. The third kappa shape index (κ3) is 3.22. The van der Waals surface area contributed by atoms with E-state index in [1.165, 1.54) is 7.11 Å². The molecule has 1 aliphatic heterocycles. The van der Waals surface area contributed by atoms with Gasteiger partial charge in [-0.05, 0) is 24.5 Å². The van der Waals surface area contributed by atoms with Crippen LogP contribution in [0.5, 0.6) is 5.75 Å². The molecule has 3 N–H and O–H groups in total. The molecule has 1 aromatic carbocycles. The number of ether oxygens (including phenoxy) is 1. The molecule has 0 spiro atoms. The van der Waals surface area contributed by atoms with E-state index in [9.17, 15) is 13.2 Å². The van der Waals surface area contributed by atoms with Gasteiger partial charge in [0.15, 0.2) is 9.84 Å². The minimum atomic E-state index is -2.93. The van der Waals surface area contributed by atoms with Crippen LogP contribution >= 0.6 is 0 Å². The fourth-order valence-electron chi connectivity index (χ4n) is 2.32. The highest BCUT2D eigenvalue weighted by Crippen LogP contribution is 2.24. The first-order chi connectivity index (χ1) is 9.43. The lowest BCUT2D eigenvalue weighted by Gasteiger charge is -2.13. The molecule has 20 heavy (non-hydrogen) atoms. The zero-order valence-corrected chi connectivity index (χ0v) is 12.1. The van der Waals surface area contributed by atoms with Crippen LogP contribution in [0.1, 0.15) is 16.8 Å². The second kappa shape index (κ2) is 5.70. The SMILES string of the molecule is COc1cccc(N)c1C(=O)NCC1CCS(=O)(=O)C1. The number of anilines is 1. The predicted molar refractivity (Wildman–Crippen MR) is 76.5 cm³/mol. The van der Waals surface area contributed by atoms with E-state index in [2.05, 4.69) is 5.32 Å². The summed E-state index contributed by atoms with van der Waals surface area (Å²) in [5.41, 5.74) is 6.41. The highest BCUT2D eigenvalue weighted by Gasteiger charge is 2.28. The maximum Gasteiger partial charge on any atom is 0.257 e. The van der Waals surface area contributed by atoms with Crippen LogP contribution < -0.4 is 15.8 Å². The van der Waals surface area contributed by atoms with E-state index in [0.29, 0.717) is 24.4 Å². The summed E-state index contributed by atoms with van der Waals surface area (Å²) in [4.78, 5) is 12.1. The average Bonchev–Trinajstić information content (AvgIpc) is 2.75. The van der Waals surface area contributed by atoms with Crippen molar-refractivity contribution >= 4 is 21.4 Å². The minimum absolute atomic E-state index is 0.0279. The van der Waals surface area contributed by atoms with E-state index in [4.69, 9.17) is 10.5 Å². The molecule has 0 bridgehead atoms. The number of carbonyl (C=O) groups excluding carboxylic acids is 1. The van der Waals surface area contributed by atoms with Crippen molar-refractivity contribution < 1.29 is 17.9 Å². The molecule has 1 saturated heterocycles. The molecule has 1 atom stereocenters. The first-order valence-corrected chi connectivity index (χ1v) is 8.16.